The van der Waals surface area contributed by atoms with Gasteiger partial charge in [-0.25, -0.2) is 9.37 Å². The summed E-state index contributed by atoms with van der Waals surface area (Å²) in [6, 6.07) is 0. The second-order valence-corrected chi connectivity index (χ2v) is 2.32. The lowest BCUT2D eigenvalue weighted by Crippen LogP contribution is -1.95. The molecule has 0 aliphatic heterocycles. The van der Waals surface area contributed by atoms with Crippen LogP contribution in [0.15, 0.2) is 12.4 Å². The smallest absolute Gasteiger partial charge is 0.146 e. The van der Waals surface area contributed by atoms with Gasteiger partial charge in [0.25, 0.3) is 0 Å². The van der Waals surface area contributed by atoms with Crippen molar-refractivity contribution in [2.75, 3.05) is 0 Å². The van der Waals surface area contributed by atoms with Crippen molar-refractivity contribution >= 4 is 5.83 Å². The van der Waals surface area contributed by atoms with Gasteiger partial charge in [-0.1, -0.05) is 0 Å². The third-order valence-corrected chi connectivity index (χ3v) is 1.66. The van der Waals surface area contributed by atoms with Crippen molar-refractivity contribution in [3.63, 3.8) is 0 Å². The lowest BCUT2D eigenvalue weighted by atomic mass is 10.1. The van der Waals surface area contributed by atoms with Crippen LogP contribution in [-0.4, -0.2) is 9.97 Å². The Labute approximate surface area is 57.8 Å². The quantitative estimate of drug-likeness (QED) is 0.580. The molecule has 1 N–H and O–H groups in total. The maximum Gasteiger partial charge on any atom is 0.146 e. The molecule has 2 nitrogen and oxygen atoms in total. The van der Waals surface area contributed by atoms with Gasteiger partial charge in [-0.2, -0.15) is 0 Å². The lowest BCUT2D eigenvalue weighted by Gasteiger charge is -2.03. The number of hydrogen-bond donors (Lipinski definition) is 1. The number of aromatic nitrogens is 2. The summed E-state index contributed by atoms with van der Waals surface area (Å²) in [5.74, 6) is -0.192. The highest BCUT2D eigenvalue weighted by Gasteiger charge is 2.13. The molecule has 0 saturated heterocycles. The van der Waals surface area contributed by atoms with E-state index in [1.807, 2.05) is 0 Å². The van der Waals surface area contributed by atoms with Crippen molar-refractivity contribution in [3.05, 3.63) is 23.8 Å². The monoisotopic (exact) mass is 138 g/mol. The van der Waals surface area contributed by atoms with Gasteiger partial charge in [0, 0.05) is 5.69 Å². The van der Waals surface area contributed by atoms with E-state index < -0.39 is 0 Å². The first-order valence-electron chi connectivity index (χ1n) is 3.26. The Morgan fingerprint density at radius 2 is 2.50 bits per heavy atom. The molecular formula is C7H7FN2. The number of fused-ring (bicyclic) bond motifs is 1. The van der Waals surface area contributed by atoms with Crippen LogP contribution in [0.4, 0.5) is 4.39 Å². The normalized spacial score (nSPS) is 16.3. The fourth-order valence-corrected chi connectivity index (χ4v) is 1.16. The SMILES string of the molecule is FC1=CCCc2[nH]cnc21. The second kappa shape index (κ2) is 1.94. The number of nitrogens with zero attached hydrogens (tertiary/aromatic N) is 1. The highest BCUT2D eigenvalue weighted by molar-refractivity contribution is 5.59. The average Bonchev–Trinajstić information content (AvgIpc) is 2.36. The maximum atomic E-state index is 12.8. The molecule has 2 rings (SSSR count). The van der Waals surface area contributed by atoms with Crippen molar-refractivity contribution in [2.45, 2.75) is 12.8 Å². The summed E-state index contributed by atoms with van der Waals surface area (Å²) in [6.07, 6.45) is 4.76. The van der Waals surface area contributed by atoms with Crippen LogP contribution in [0.3, 0.4) is 0 Å². The number of allylic oxidation sites excluding steroid dienone is 1. The van der Waals surface area contributed by atoms with Crippen LogP contribution in [0, 0.1) is 0 Å². The fraction of sp³-hybridized carbons (Fsp3) is 0.286. The second-order valence-electron chi connectivity index (χ2n) is 2.32. The molecule has 0 spiro atoms. The summed E-state index contributed by atoms with van der Waals surface area (Å²) in [5, 5.41) is 0. The van der Waals surface area contributed by atoms with Crippen molar-refractivity contribution in [1.29, 1.82) is 0 Å². The van der Waals surface area contributed by atoms with Crippen LogP contribution >= 0.6 is 0 Å². The van der Waals surface area contributed by atoms with E-state index in [4.69, 9.17) is 0 Å². The van der Waals surface area contributed by atoms with E-state index in [-0.39, 0.29) is 5.83 Å². The minimum atomic E-state index is -0.192. The predicted molar refractivity (Wildman–Crippen MR) is 36.0 cm³/mol. The predicted octanol–water partition coefficient (Wildman–Crippen LogP) is 1.67. The minimum Gasteiger partial charge on any atom is -0.348 e. The van der Waals surface area contributed by atoms with Crippen LogP contribution in [0.5, 0.6) is 0 Å². The molecule has 0 aromatic carbocycles. The van der Waals surface area contributed by atoms with E-state index in [1.165, 1.54) is 6.33 Å². The first kappa shape index (κ1) is 5.65. The third-order valence-electron chi connectivity index (χ3n) is 1.66. The highest BCUT2D eigenvalue weighted by atomic mass is 19.1. The molecule has 0 fully saturated rings. The van der Waals surface area contributed by atoms with E-state index in [2.05, 4.69) is 9.97 Å². The van der Waals surface area contributed by atoms with Crippen LogP contribution < -0.4 is 0 Å². The molecular weight excluding hydrogens is 131 g/mol. The lowest BCUT2D eigenvalue weighted by molar-refractivity contribution is 0.730. The van der Waals surface area contributed by atoms with E-state index in [1.54, 1.807) is 6.08 Å². The first-order valence-corrected chi connectivity index (χ1v) is 3.26. The molecule has 1 aliphatic carbocycles. The van der Waals surface area contributed by atoms with Gasteiger partial charge >= 0.3 is 0 Å². The van der Waals surface area contributed by atoms with Gasteiger partial charge in [-0.3, -0.25) is 0 Å². The van der Waals surface area contributed by atoms with Gasteiger partial charge in [0.05, 0.1) is 6.33 Å². The van der Waals surface area contributed by atoms with Gasteiger partial charge in [0.2, 0.25) is 0 Å². The van der Waals surface area contributed by atoms with Crippen molar-refractivity contribution in [3.8, 4) is 0 Å². The van der Waals surface area contributed by atoms with Gasteiger partial charge < -0.3 is 4.98 Å². The van der Waals surface area contributed by atoms with E-state index in [0.29, 0.717) is 5.69 Å². The number of aryl methyl sites for hydroxylation is 1. The van der Waals surface area contributed by atoms with E-state index >= 15 is 0 Å². The molecule has 0 bridgehead atoms. The summed E-state index contributed by atoms with van der Waals surface area (Å²) in [6.45, 7) is 0. The Morgan fingerprint density at radius 1 is 1.60 bits per heavy atom. The summed E-state index contributed by atoms with van der Waals surface area (Å²) in [5.41, 5.74) is 1.41. The number of imidazole rings is 1. The van der Waals surface area contributed by atoms with Crippen LogP contribution in [0.1, 0.15) is 17.8 Å². The Kier molecular flexibility index (Phi) is 1.09. The third kappa shape index (κ3) is 0.667. The Bertz CT molecular complexity index is 275. The number of nitrogens with one attached hydrogen (secondary N) is 1. The molecule has 0 unspecified atom stereocenters. The zero-order valence-corrected chi connectivity index (χ0v) is 5.39. The minimum absolute atomic E-state index is 0.192. The number of hydrogen-bond acceptors (Lipinski definition) is 1. The fourth-order valence-electron chi connectivity index (χ4n) is 1.16. The molecule has 0 atom stereocenters. The van der Waals surface area contributed by atoms with Gasteiger partial charge in [0.15, 0.2) is 0 Å². The van der Waals surface area contributed by atoms with E-state index in [0.717, 1.165) is 18.5 Å². The molecule has 0 saturated carbocycles. The van der Waals surface area contributed by atoms with Crippen LogP contribution in [0.25, 0.3) is 5.83 Å². The molecule has 0 amide bonds. The van der Waals surface area contributed by atoms with Crippen molar-refractivity contribution < 1.29 is 4.39 Å². The number of aromatic amines is 1. The molecule has 52 valence electrons. The highest BCUT2D eigenvalue weighted by Crippen LogP contribution is 2.23. The summed E-state index contributed by atoms with van der Waals surface area (Å²) in [4.78, 5) is 6.74. The van der Waals surface area contributed by atoms with Gasteiger partial charge in [-0.05, 0) is 18.9 Å². The Hall–Kier alpha value is -1.12. The molecule has 10 heavy (non-hydrogen) atoms. The van der Waals surface area contributed by atoms with Crippen molar-refractivity contribution in [2.24, 2.45) is 0 Å². The van der Waals surface area contributed by atoms with E-state index in [9.17, 15) is 4.39 Å². The topological polar surface area (TPSA) is 28.7 Å². The summed E-state index contributed by atoms with van der Waals surface area (Å²) in [7, 11) is 0. The number of rotatable bonds is 0. The molecule has 1 aromatic rings. The number of H-pyrrole nitrogens is 1. The van der Waals surface area contributed by atoms with Gasteiger partial charge in [0.1, 0.15) is 11.5 Å². The van der Waals surface area contributed by atoms with Gasteiger partial charge in [-0.15, -0.1) is 0 Å². The zero-order valence-electron chi connectivity index (χ0n) is 5.39. The van der Waals surface area contributed by atoms with Crippen LogP contribution in [-0.2, 0) is 6.42 Å². The molecule has 3 heteroatoms. The number of halogens is 1. The first-order chi connectivity index (χ1) is 4.88. The largest absolute Gasteiger partial charge is 0.348 e. The summed E-state index contributed by atoms with van der Waals surface area (Å²) >= 11 is 0. The Balaban J connectivity index is 2.55. The summed E-state index contributed by atoms with van der Waals surface area (Å²) < 4.78 is 12.8. The molecule has 0 radical (unpaired) electrons. The maximum absolute atomic E-state index is 12.8. The molecule has 1 heterocycles. The molecule has 1 aromatic heterocycles. The Morgan fingerprint density at radius 3 is 3.30 bits per heavy atom. The molecule has 1 aliphatic rings. The average molecular weight is 138 g/mol. The zero-order chi connectivity index (χ0) is 6.97. The standard InChI is InChI=1S/C7H7FN2/c8-5-2-1-3-6-7(5)10-4-9-6/h2,4H,1,3H2,(H,9,10). The van der Waals surface area contributed by atoms with Crippen molar-refractivity contribution in [1.82, 2.24) is 9.97 Å². The van der Waals surface area contributed by atoms with Crippen LogP contribution in [0.2, 0.25) is 0 Å².